The normalized spacial score (nSPS) is 16.7. The van der Waals surface area contributed by atoms with E-state index in [0.29, 0.717) is 0 Å². The molecular weight excluding hydrogens is 292 g/mol. The number of hydrogen-bond donors (Lipinski definition) is 2. The van der Waals surface area contributed by atoms with E-state index in [1.165, 1.54) is 96.4 Å². The van der Waals surface area contributed by atoms with Crippen LogP contribution in [0.2, 0.25) is 0 Å². The minimum atomic E-state index is 1.21. The lowest BCUT2D eigenvalue weighted by Gasteiger charge is -2.09. The van der Waals surface area contributed by atoms with E-state index in [1.807, 2.05) is 0 Å². The van der Waals surface area contributed by atoms with Crippen LogP contribution >= 0.6 is 0 Å². The molecule has 2 heteroatoms. The Balaban J connectivity index is 1.52. The summed E-state index contributed by atoms with van der Waals surface area (Å²) in [5.74, 6) is 0. The summed E-state index contributed by atoms with van der Waals surface area (Å²) in [7, 11) is 0. The van der Waals surface area contributed by atoms with Crippen LogP contribution in [0.15, 0.2) is 36.4 Å². The van der Waals surface area contributed by atoms with E-state index in [4.69, 9.17) is 0 Å². The minimum absolute atomic E-state index is 1.21. The van der Waals surface area contributed by atoms with Crippen molar-refractivity contribution in [2.24, 2.45) is 0 Å². The fourth-order valence-corrected chi connectivity index (χ4v) is 4.37. The van der Waals surface area contributed by atoms with Crippen LogP contribution < -0.4 is 0 Å². The molecule has 2 aliphatic rings. The van der Waals surface area contributed by atoms with Crippen LogP contribution in [0.3, 0.4) is 0 Å². The van der Waals surface area contributed by atoms with Crippen LogP contribution in [0.1, 0.15) is 48.2 Å². The molecule has 2 aliphatic carbocycles. The Labute approximate surface area is 143 Å². The van der Waals surface area contributed by atoms with Gasteiger partial charge in [-0.25, -0.2) is 0 Å². The van der Waals surface area contributed by atoms with Gasteiger partial charge >= 0.3 is 0 Å². The van der Waals surface area contributed by atoms with E-state index in [9.17, 15) is 0 Å². The molecule has 0 bridgehead atoms. The Morgan fingerprint density at radius 2 is 1.08 bits per heavy atom. The SMILES string of the molecule is c1cc(-c2cc3c([nH]2)CCCC3)cc(-c2cc3c([nH]2)CCCC3)c1. The predicted octanol–water partition coefficient (Wildman–Crippen LogP) is 5.43. The lowest BCUT2D eigenvalue weighted by molar-refractivity contribution is 0.677. The lowest BCUT2D eigenvalue weighted by Crippen LogP contribution is -1.99. The number of rotatable bonds is 2. The first-order valence-electron chi connectivity index (χ1n) is 9.39. The molecule has 0 unspecified atom stereocenters. The van der Waals surface area contributed by atoms with Crippen molar-refractivity contribution in [3.63, 3.8) is 0 Å². The summed E-state index contributed by atoms with van der Waals surface area (Å²) in [6.07, 6.45) is 10.2. The quantitative estimate of drug-likeness (QED) is 0.631. The maximum absolute atomic E-state index is 3.67. The highest BCUT2D eigenvalue weighted by Crippen LogP contribution is 2.31. The molecule has 2 N–H and O–H groups in total. The number of H-pyrrole nitrogens is 2. The maximum Gasteiger partial charge on any atom is 0.0459 e. The zero-order valence-corrected chi connectivity index (χ0v) is 14.1. The first-order valence-corrected chi connectivity index (χ1v) is 9.39. The van der Waals surface area contributed by atoms with Crippen molar-refractivity contribution in [1.29, 1.82) is 0 Å². The number of aromatic amines is 2. The van der Waals surface area contributed by atoms with Gasteiger partial charge in [0.15, 0.2) is 0 Å². The van der Waals surface area contributed by atoms with Crippen LogP contribution in [0, 0.1) is 0 Å². The van der Waals surface area contributed by atoms with Crippen LogP contribution in [0.25, 0.3) is 22.5 Å². The van der Waals surface area contributed by atoms with Gasteiger partial charge in [0.05, 0.1) is 0 Å². The molecule has 0 atom stereocenters. The maximum atomic E-state index is 3.67. The summed E-state index contributed by atoms with van der Waals surface area (Å²) in [6, 6.07) is 13.7. The number of hydrogen-bond acceptors (Lipinski definition) is 0. The van der Waals surface area contributed by atoms with Gasteiger partial charge in [0, 0.05) is 22.8 Å². The highest BCUT2D eigenvalue weighted by Gasteiger charge is 2.15. The van der Waals surface area contributed by atoms with Crippen LogP contribution in [0.4, 0.5) is 0 Å². The van der Waals surface area contributed by atoms with Gasteiger partial charge in [-0.1, -0.05) is 18.2 Å². The van der Waals surface area contributed by atoms with Gasteiger partial charge in [0.25, 0.3) is 0 Å². The average Bonchev–Trinajstić information content (AvgIpc) is 3.26. The van der Waals surface area contributed by atoms with Crippen molar-refractivity contribution < 1.29 is 0 Å². The molecule has 3 aromatic rings. The number of aryl methyl sites for hydroxylation is 4. The zero-order chi connectivity index (χ0) is 15.9. The van der Waals surface area contributed by atoms with E-state index in [0.717, 1.165) is 0 Å². The first kappa shape index (κ1) is 14.2. The molecule has 0 radical (unpaired) electrons. The predicted molar refractivity (Wildman–Crippen MR) is 99.3 cm³/mol. The van der Waals surface area contributed by atoms with E-state index >= 15 is 0 Å². The summed E-state index contributed by atoms with van der Waals surface area (Å²) < 4.78 is 0. The molecule has 2 heterocycles. The topological polar surface area (TPSA) is 31.6 Å². The Morgan fingerprint density at radius 3 is 1.58 bits per heavy atom. The van der Waals surface area contributed by atoms with Gasteiger partial charge in [-0.2, -0.15) is 0 Å². The van der Waals surface area contributed by atoms with Crippen molar-refractivity contribution in [2.75, 3.05) is 0 Å². The number of fused-ring (bicyclic) bond motifs is 2. The average molecular weight is 316 g/mol. The Bertz CT molecular complexity index is 765. The fraction of sp³-hybridized carbons (Fsp3) is 0.364. The largest absolute Gasteiger partial charge is 0.358 e. The molecule has 0 spiro atoms. The number of aromatic nitrogens is 2. The molecule has 122 valence electrons. The fourth-order valence-electron chi connectivity index (χ4n) is 4.37. The molecule has 24 heavy (non-hydrogen) atoms. The molecule has 0 saturated carbocycles. The first-order chi connectivity index (χ1) is 11.9. The van der Waals surface area contributed by atoms with E-state index in [1.54, 1.807) is 0 Å². The third kappa shape index (κ3) is 2.41. The van der Waals surface area contributed by atoms with Gasteiger partial charge in [0.1, 0.15) is 0 Å². The molecule has 1 aromatic carbocycles. The molecule has 2 nitrogen and oxygen atoms in total. The standard InChI is InChI=1S/C22H24N2/c1-3-10-19-17(6-1)13-21(23-19)15-8-5-9-16(12-15)22-14-18-7-2-4-11-20(18)24-22/h5,8-9,12-14,23-24H,1-4,6-7,10-11H2. The summed E-state index contributed by atoms with van der Waals surface area (Å²) in [5, 5.41) is 0. The summed E-state index contributed by atoms with van der Waals surface area (Å²) in [5.41, 5.74) is 11.1. The minimum Gasteiger partial charge on any atom is -0.358 e. The Hall–Kier alpha value is -2.22. The second-order valence-corrected chi connectivity index (χ2v) is 7.37. The summed E-state index contributed by atoms with van der Waals surface area (Å²) >= 11 is 0. The second kappa shape index (κ2) is 5.70. The number of benzene rings is 1. The monoisotopic (exact) mass is 316 g/mol. The van der Waals surface area contributed by atoms with Gasteiger partial charge in [-0.15, -0.1) is 0 Å². The van der Waals surface area contributed by atoms with Gasteiger partial charge in [-0.05, 0) is 91.8 Å². The van der Waals surface area contributed by atoms with Crippen molar-refractivity contribution in [1.82, 2.24) is 9.97 Å². The van der Waals surface area contributed by atoms with E-state index in [-0.39, 0.29) is 0 Å². The molecule has 0 aliphatic heterocycles. The van der Waals surface area contributed by atoms with E-state index < -0.39 is 0 Å². The molecule has 0 saturated heterocycles. The third-order valence-electron chi connectivity index (χ3n) is 5.71. The van der Waals surface area contributed by atoms with Crippen molar-refractivity contribution in [3.05, 3.63) is 58.9 Å². The van der Waals surface area contributed by atoms with Crippen LogP contribution in [-0.4, -0.2) is 9.97 Å². The lowest BCUT2D eigenvalue weighted by atomic mass is 9.97. The van der Waals surface area contributed by atoms with Gasteiger partial charge < -0.3 is 9.97 Å². The zero-order valence-electron chi connectivity index (χ0n) is 14.1. The van der Waals surface area contributed by atoms with Crippen LogP contribution in [0.5, 0.6) is 0 Å². The molecule has 0 amide bonds. The third-order valence-corrected chi connectivity index (χ3v) is 5.71. The molecular formula is C22H24N2. The van der Waals surface area contributed by atoms with Crippen molar-refractivity contribution >= 4 is 0 Å². The van der Waals surface area contributed by atoms with Gasteiger partial charge in [-0.3, -0.25) is 0 Å². The molecule has 2 aromatic heterocycles. The van der Waals surface area contributed by atoms with Crippen LogP contribution in [-0.2, 0) is 25.7 Å². The summed E-state index contributed by atoms with van der Waals surface area (Å²) in [4.78, 5) is 7.33. The van der Waals surface area contributed by atoms with Gasteiger partial charge in [0.2, 0.25) is 0 Å². The number of nitrogens with one attached hydrogen (secondary N) is 2. The molecule has 0 fully saturated rings. The van der Waals surface area contributed by atoms with Crippen molar-refractivity contribution in [2.45, 2.75) is 51.4 Å². The Kier molecular flexibility index (Phi) is 3.36. The highest BCUT2D eigenvalue weighted by molar-refractivity contribution is 5.71. The summed E-state index contributed by atoms with van der Waals surface area (Å²) in [6.45, 7) is 0. The van der Waals surface area contributed by atoms with Crippen molar-refractivity contribution in [3.8, 4) is 22.5 Å². The molecule has 5 rings (SSSR count). The Morgan fingerprint density at radius 1 is 0.583 bits per heavy atom. The van der Waals surface area contributed by atoms with E-state index in [2.05, 4.69) is 46.4 Å². The second-order valence-electron chi connectivity index (χ2n) is 7.37. The highest BCUT2D eigenvalue weighted by atomic mass is 14.7. The smallest absolute Gasteiger partial charge is 0.0459 e.